The van der Waals surface area contributed by atoms with Crippen molar-refractivity contribution in [3.8, 4) is 0 Å². The summed E-state index contributed by atoms with van der Waals surface area (Å²) in [6, 6.07) is -1.44. The highest BCUT2D eigenvalue weighted by Gasteiger charge is 2.70. The second-order valence-electron chi connectivity index (χ2n) is 13.0. The number of nitrogens with zero attached hydrogens (tertiary/aromatic N) is 2. The summed E-state index contributed by atoms with van der Waals surface area (Å²) in [6.45, 7) is 17.5. The van der Waals surface area contributed by atoms with Gasteiger partial charge in [0, 0.05) is 12.6 Å². The molecule has 0 aromatic carbocycles. The lowest BCUT2D eigenvalue weighted by Gasteiger charge is -2.44. The van der Waals surface area contributed by atoms with Gasteiger partial charge in [0.25, 0.3) is 0 Å². The van der Waals surface area contributed by atoms with Crippen molar-refractivity contribution in [3.63, 3.8) is 0 Å². The molecule has 4 atom stereocenters. The van der Waals surface area contributed by atoms with Gasteiger partial charge in [0.15, 0.2) is 0 Å². The highest BCUT2D eigenvalue weighted by molar-refractivity contribution is 5.93. The monoisotopic (exact) mass is 465 g/mol. The van der Waals surface area contributed by atoms with Crippen LogP contribution in [0.1, 0.15) is 75.2 Å². The summed E-state index contributed by atoms with van der Waals surface area (Å²) in [5.41, 5.74) is -1.29. The topological polar surface area (TPSA) is 99.2 Å². The molecule has 188 valence electrons. The maximum atomic E-state index is 13.8. The molecule has 0 aromatic heterocycles. The number of hydrogen-bond donors (Lipinski definition) is 2. The van der Waals surface area contributed by atoms with Crippen LogP contribution in [0.4, 0.5) is 4.79 Å². The van der Waals surface area contributed by atoms with Crippen LogP contribution in [0.2, 0.25) is 0 Å². The Kier molecular flexibility index (Phi) is 6.59. The van der Waals surface area contributed by atoms with Crippen molar-refractivity contribution in [1.82, 2.24) is 15.1 Å². The zero-order valence-corrected chi connectivity index (χ0v) is 21.8. The number of carbonyl (C=O) groups excluding carboxylic acids is 3. The van der Waals surface area contributed by atoms with Gasteiger partial charge in [-0.05, 0) is 62.2 Å². The fourth-order valence-electron chi connectivity index (χ4n) is 5.68. The molecule has 1 saturated heterocycles. The van der Waals surface area contributed by atoms with Crippen molar-refractivity contribution in [1.29, 1.82) is 0 Å². The van der Waals surface area contributed by atoms with Gasteiger partial charge in [0.2, 0.25) is 11.8 Å². The molecule has 3 rings (SSSR count). The van der Waals surface area contributed by atoms with Gasteiger partial charge in [-0.1, -0.05) is 41.5 Å². The van der Waals surface area contributed by atoms with Gasteiger partial charge in [-0.2, -0.15) is 0 Å². The molecule has 33 heavy (non-hydrogen) atoms. The molecular formula is C25H43N3O5. The Balaban J connectivity index is 1.84. The van der Waals surface area contributed by atoms with Gasteiger partial charge in [0.05, 0.1) is 0 Å². The molecule has 2 N–H and O–H groups in total. The van der Waals surface area contributed by atoms with Crippen molar-refractivity contribution in [2.75, 3.05) is 13.3 Å². The molecule has 2 aliphatic carbocycles. The Morgan fingerprint density at radius 1 is 1.15 bits per heavy atom. The lowest BCUT2D eigenvalue weighted by atomic mass is 9.80. The predicted octanol–water partition coefficient (Wildman–Crippen LogP) is 2.99. The Labute approximate surface area is 198 Å². The Morgan fingerprint density at radius 2 is 1.73 bits per heavy atom. The van der Waals surface area contributed by atoms with E-state index in [0.717, 1.165) is 12.8 Å². The maximum Gasteiger partial charge on any atom is 0.408 e. The van der Waals surface area contributed by atoms with Gasteiger partial charge in [-0.3, -0.25) is 9.59 Å². The van der Waals surface area contributed by atoms with Crippen LogP contribution in [-0.2, 0) is 14.3 Å². The second-order valence-corrected chi connectivity index (χ2v) is 13.0. The number of ether oxygens (including phenoxy) is 1. The van der Waals surface area contributed by atoms with E-state index in [0.29, 0.717) is 12.5 Å². The first kappa shape index (κ1) is 25.8. The molecule has 3 amide bonds. The summed E-state index contributed by atoms with van der Waals surface area (Å²) < 4.78 is 5.40. The molecule has 2 saturated carbocycles. The number of fused-ring (bicyclic) bond motifs is 1. The largest absolute Gasteiger partial charge is 0.444 e. The number of amides is 3. The van der Waals surface area contributed by atoms with E-state index in [1.165, 1.54) is 0 Å². The highest BCUT2D eigenvalue weighted by atomic mass is 16.6. The Bertz CT molecular complexity index is 791. The number of hydrogen-bond acceptors (Lipinski definition) is 5. The van der Waals surface area contributed by atoms with E-state index < -0.39 is 29.2 Å². The number of carbonyl (C=O) groups is 3. The minimum Gasteiger partial charge on any atom is -0.444 e. The third-order valence-electron chi connectivity index (χ3n) is 7.74. The zero-order chi connectivity index (χ0) is 25.1. The number of nitrogens with one attached hydrogen (secondary N) is 1. The molecule has 8 heteroatoms. The minimum absolute atomic E-state index is 0.0219. The van der Waals surface area contributed by atoms with Crippen molar-refractivity contribution < 1.29 is 24.2 Å². The number of aliphatic hydroxyl groups excluding tert-OH is 1. The average Bonchev–Trinajstić information content (AvgIpc) is 2.99. The van der Waals surface area contributed by atoms with E-state index in [9.17, 15) is 19.5 Å². The van der Waals surface area contributed by atoms with Crippen LogP contribution in [0.15, 0.2) is 0 Å². The molecule has 4 unspecified atom stereocenters. The third-order valence-corrected chi connectivity index (χ3v) is 7.74. The highest BCUT2D eigenvalue weighted by Crippen LogP contribution is 2.65. The van der Waals surface area contributed by atoms with Gasteiger partial charge < -0.3 is 25.0 Å². The molecule has 8 nitrogen and oxygen atoms in total. The number of piperidine rings is 1. The third kappa shape index (κ3) is 5.00. The number of aliphatic hydroxyl groups is 1. The average molecular weight is 466 g/mol. The van der Waals surface area contributed by atoms with Crippen LogP contribution >= 0.6 is 0 Å². The molecule has 1 aliphatic heterocycles. The standard InChI is InChI=1S/C25H43N3O5/c1-14-10-15(11-14)28(13-29)20(30)18-17-16(25(17,8)9)12-27(18)21(31)19(23(2,3)4)26-22(32)33-24(5,6)7/h14-19,29H,10-13H2,1-9H3,(H,26,32). The normalized spacial score (nSPS) is 31.2. The molecule has 3 fully saturated rings. The fourth-order valence-corrected chi connectivity index (χ4v) is 5.68. The summed E-state index contributed by atoms with van der Waals surface area (Å²) in [7, 11) is 0. The molecule has 3 aliphatic rings. The maximum absolute atomic E-state index is 13.8. The number of likely N-dealkylation sites (tertiary alicyclic amines) is 1. The Hall–Kier alpha value is -1.83. The van der Waals surface area contributed by atoms with E-state index in [2.05, 4.69) is 26.1 Å². The van der Waals surface area contributed by atoms with E-state index in [-0.39, 0.29) is 41.8 Å². The molecule has 0 aromatic rings. The van der Waals surface area contributed by atoms with Gasteiger partial charge in [-0.25, -0.2) is 4.79 Å². The predicted molar refractivity (Wildman–Crippen MR) is 125 cm³/mol. The van der Waals surface area contributed by atoms with Gasteiger partial charge in [-0.15, -0.1) is 0 Å². The first-order chi connectivity index (χ1) is 15.0. The first-order valence-corrected chi connectivity index (χ1v) is 12.2. The van der Waals surface area contributed by atoms with Crippen molar-refractivity contribution in [3.05, 3.63) is 0 Å². The van der Waals surface area contributed by atoms with Crippen molar-refractivity contribution >= 4 is 17.9 Å². The quantitative estimate of drug-likeness (QED) is 0.608. The molecular weight excluding hydrogens is 422 g/mol. The SMILES string of the molecule is CC1CC(N(CO)C(=O)C2C3C(CN2C(=O)C(NC(=O)OC(C)(C)C)C(C)(C)C)C3(C)C)C1. The van der Waals surface area contributed by atoms with Crippen LogP contribution in [0.5, 0.6) is 0 Å². The van der Waals surface area contributed by atoms with Crippen molar-refractivity contribution in [2.24, 2.45) is 28.6 Å². The summed E-state index contributed by atoms with van der Waals surface area (Å²) in [5, 5.41) is 12.8. The van der Waals surface area contributed by atoms with Crippen LogP contribution in [0, 0.1) is 28.6 Å². The first-order valence-electron chi connectivity index (χ1n) is 12.2. The molecule has 1 heterocycles. The summed E-state index contributed by atoms with van der Waals surface area (Å²) in [5.74, 6) is 0.382. The summed E-state index contributed by atoms with van der Waals surface area (Å²) >= 11 is 0. The van der Waals surface area contributed by atoms with Crippen molar-refractivity contribution in [2.45, 2.75) is 98.9 Å². The number of rotatable bonds is 5. The summed E-state index contributed by atoms with van der Waals surface area (Å²) in [6.07, 6.45) is 1.09. The van der Waals surface area contributed by atoms with Crippen LogP contribution in [0.25, 0.3) is 0 Å². The van der Waals surface area contributed by atoms with E-state index in [1.54, 1.807) is 30.6 Å². The van der Waals surface area contributed by atoms with Crippen LogP contribution < -0.4 is 5.32 Å². The van der Waals surface area contributed by atoms with Gasteiger partial charge >= 0.3 is 6.09 Å². The molecule has 0 spiro atoms. The smallest absolute Gasteiger partial charge is 0.408 e. The minimum atomic E-state index is -0.838. The van der Waals surface area contributed by atoms with Crippen LogP contribution in [-0.4, -0.2) is 69.8 Å². The van der Waals surface area contributed by atoms with E-state index >= 15 is 0 Å². The summed E-state index contributed by atoms with van der Waals surface area (Å²) in [4.78, 5) is 43.3. The lowest BCUT2D eigenvalue weighted by molar-refractivity contribution is -0.154. The zero-order valence-electron chi connectivity index (χ0n) is 21.8. The second kappa shape index (κ2) is 8.43. The lowest BCUT2D eigenvalue weighted by Crippen LogP contribution is -2.61. The fraction of sp³-hybridized carbons (Fsp3) is 0.880. The van der Waals surface area contributed by atoms with Gasteiger partial charge in [0.1, 0.15) is 24.4 Å². The Morgan fingerprint density at radius 3 is 2.18 bits per heavy atom. The number of alkyl carbamates (subject to hydrolysis) is 1. The molecule has 0 radical (unpaired) electrons. The molecule has 0 bridgehead atoms. The van der Waals surface area contributed by atoms with E-state index in [1.807, 2.05) is 20.8 Å². The van der Waals surface area contributed by atoms with Crippen LogP contribution in [0.3, 0.4) is 0 Å². The van der Waals surface area contributed by atoms with E-state index in [4.69, 9.17) is 4.74 Å².